The molecule has 0 aliphatic rings. The van der Waals surface area contributed by atoms with Gasteiger partial charge in [0.1, 0.15) is 18.5 Å². The Balaban J connectivity index is 2.48. The van der Waals surface area contributed by atoms with Crippen LogP contribution in [-0.4, -0.2) is 42.4 Å². The van der Waals surface area contributed by atoms with Gasteiger partial charge >= 0.3 is 0 Å². The summed E-state index contributed by atoms with van der Waals surface area (Å²) in [5, 5.41) is 16.5. The Morgan fingerprint density at radius 1 is 1.36 bits per heavy atom. The number of guanidine groups is 1. The molecule has 0 aliphatic carbocycles. The highest BCUT2D eigenvalue weighted by molar-refractivity contribution is 5.80. The number of rotatable bonds is 6. The number of ether oxygens (including phenoxy) is 1. The molecule has 0 fully saturated rings. The Bertz CT molecular complexity index is 481. The van der Waals surface area contributed by atoms with Crippen LogP contribution in [0.3, 0.4) is 0 Å². The average molecular weight is 307 g/mol. The van der Waals surface area contributed by atoms with E-state index in [1.165, 1.54) is 0 Å². The first-order chi connectivity index (χ1) is 10.3. The highest BCUT2D eigenvalue weighted by Crippen LogP contribution is 2.12. The highest BCUT2D eigenvalue weighted by Gasteiger charge is 2.12. The number of aliphatic imine (C=N–C) groups is 1. The fourth-order valence-electron chi connectivity index (χ4n) is 1.81. The summed E-state index contributed by atoms with van der Waals surface area (Å²) in [6.45, 7) is 11.5. The van der Waals surface area contributed by atoms with Gasteiger partial charge in [0.15, 0.2) is 5.96 Å². The number of benzene rings is 1. The van der Waals surface area contributed by atoms with Crippen LogP contribution < -0.4 is 15.4 Å². The van der Waals surface area contributed by atoms with E-state index in [0.717, 1.165) is 17.9 Å². The first kappa shape index (κ1) is 18.3. The molecule has 22 heavy (non-hydrogen) atoms. The summed E-state index contributed by atoms with van der Waals surface area (Å²) in [5.41, 5.74) is 1.05. The SMILES string of the molecule is CCNC(=NCC(O)COc1cccc(C)c1)NC(C)(C)C. The zero-order chi connectivity index (χ0) is 16.6. The first-order valence-electron chi connectivity index (χ1n) is 7.74. The summed E-state index contributed by atoms with van der Waals surface area (Å²) >= 11 is 0. The smallest absolute Gasteiger partial charge is 0.191 e. The van der Waals surface area contributed by atoms with Gasteiger partial charge in [-0.05, 0) is 52.3 Å². The molecule has 0 saturated carbocycles. The third-order valence-corrected chi connectivity index (χ3v) is 2.73. The molecule has 1 aromatic carbocycles. The largest absolute Gasteiger partial charge is 0.491 e. The minimum absolute atomic E-state index is 0.0793. The molecule has 5 heteroatoms. The Hall–Kier alpha value is -1.75. The summed E-state index contributed by atoms with van der Waals surface area (Å²) in [6.07, 6.45) is -0.643. The van der Waals surface area contributed by atoms with Crippen LogP contribution in [0.5, 0.6) is 5.75 Å². The predicted molar refractivity (Wildman–Crippen MR) is 91.5 cm³/mol. The topological polar surface area (TPSA) is 65.9 Å². The fourth-order valence-corrected chi connectivity index (χ4v) is 1.81. The van der Waals surface area contributed by atoms with Crippen molar-refractivity contribution in [2.45, 2.75) is 46.3 Å². The molecular weight excluding hydrogens is 278 g/mol. The van der Waals surface area contributed by atoms with Crippen LogP contribution in [0.15, 0.2) is 29.3 Å². The van der Waals surface area contributed by atoms with E-state index in [2.05, 4.69) is 36.4 Å². The Kier molecular flexibility index (Phi) is 7.18. The normalized spacial score (nSPS) is 13.6. The summed E-state index contributed by atoms with van der Waals surface area (Å²) in [5.74, 6) is 1.47. The minimum Gasteiger partial charge on any atom is -0.491 e. The third kappa shape index (κ3) is 7.88. The lowest BCUT2D eigenvalue weighted by Gasteiger charge is -2.24. The van der Waals surface area contributed by atoms with Gasteiger partial charge in [0.05, 0.1) is 6.54 Å². The maximum absolute atomic E-state index is 10.0. The molecule has 0 amide bonds. The molecule has 1 unspecified atom stereocenters. The Labute approximate surface area is 133 Å². The van der Waals surface area contributed by atoms with E-state index in [0.29, 0.717) is 5.96 Å². The number of hydrogen-bond acceptors (Lipinski definition) is 3. The van der Waals surface area contributed by atoms with E-state index in [4.69, 9.17) is 4.74 Å². The second-order valence-corrected chi connectivity index (χ2v) is 6.38. The standard InChI is InChI=1S/C17H29N3O2/c1-6-18-16(20-17(3,4)5)19-11-14(21)12-22-15-9-7-8-13(2)10-15/h7-10,14,21H,6,11-12H2,1-5H3,(H2,18,19,20). The Morgan fingerprint density at radius 2 is 2.09 bits per heavy atom. The van der Waals surface area contributed by atoms with Gasteiger partial charge in [-0.15, -0.1) is 0 Å². The number of aryl methyl sites for hydroxylation is 1. The molecule has 1 atom stereocenters. The van der Waals surface area contributed by atoms with Crippen molar-refractivity contribution in [2.24, 2.45) is 4.99 Å². The van der Waals surface area contributed by atoms with Crippen LogP contribution in [0, 0.1) is 6.92 Å². The van der Waals surface area contributed by atoms with E-state index in [9.17, 15) is 5.11 Å². The van der Waals surface area contributed by atoms with Crippen molar-refractivity contribution in [1.82, 2.24) is 10.6 Å². The van der Waals surface area contributed by atoms with E-state index in [1.807, 2.05) is 38.1 Å². The van der Waals surface area contributed by atoms with Crippen molar-refractivity contribution in [1.29, 1.82) is 0 Å². The van der Waals surface area contributed by atoms with Crippen LogP contribution in [-0.2, 0) is 0 Å². The second-order valence-electron chi connectivity index (χ2n) is 6.38. The Morgan fingerprint density at radius 3 is 2.68 bits per heavy atom. The molecule has 0 heterocycles. The molecule has 0 aliphatic heterocycles. The van der Waals surface area contributed by atoms with Crippen LogP contribution in [0.2, 0.25) is 0 Å². The molecule has 0 aromatic heterocycles. The molecule has 0 spiro atoms. The molecule has 0 radical (unpaired) electrons. The summed E-state index contributed by atoms with van der Waals surface area (Å²) in [6, 6.07) is 7.77. The third-order valence-electron chi connectivity index (χ3n) is 2.73. The van der Waals surface area contributed by atoms with Crippen molar-refractivity contribution >= 4 is 5.96 Å². The zero-order valence-electron chi connectivity index (χ0n) is 14.3. The van der Waals surface area contributed by atoms with Crippen LogP contribution in [0.25, 0.3) is 0 Å². The zero-order valence-corrected chi connectivity index (χ0v) is 14.3. The van der Waals surface area contributed by atoms with Crippen LogP contribution in [0.4, 0.5) is 0 Å². The number of aliphatic hydroxyl groups is 1. The molecule has 1 aromatic rings. The number of hydrogen-bond donors (Lipinski definition) is 3. The number of nitrogens with one attached hydrogen (secondary N) is 2. The lowest BCUT2D eigenvalue weighted by atomic mass is 10.1. The lowest BCUT2D eigenvalue weighted by molar-refractivity contribution is 0.114. The molecular formula is C17H29N3O2. The fraction of sp³-hybridized carbons (Fsp3) is 0.588. The van der Waals surface area contributed by atoms with Crippen LogP contribution in [0.1, 0.15) is 33.3 Å². The van der Waals surface area contributed by atoms with Gasteiger partial charge in [-0.25, -0.2) is 0 Å². The summed E-state index contributed by atoms with van der Waals surface area (Å²) in [4.78, 5) is 4.39. The van der Waals surface area contributed by atoms with Crippen molar-refractivity contribution in [3.63, 3.8) is 0 Å². The van der Waals surface area contributed by atoms with Crippen molar-refractivity contribution in [2.75, 3.05) is 19.7 Å². The predicted octanol–water partition coefficient (Wildman–Crippen LogP) is 2.09. The highest BCUT2D eigenvalue weighted by atomic mass is 16.5. The number of nitrogens with zero attached hydrogens (tertiary/aromatic N) is 1. The van der Waals surface area contributed by atoms with Gasteiger partial charge in [0.2, 0.25) is 0 Å². The maximum Gasteiger partial charge on any atom is 0.191 e. The second kappa shape index (κ2) is 8.63. The minimum atomic E-state index is -0.643. The monoisotopic (exact) mass is 307 g/mol. The summed E-state index contributed by atoms with van der Waals surface area (Å²) < 4.78 is 5.58. The first-order valence-corrected chi connectivity index (χ1v) is 7.74. The van der Waals surface area contributed by atoms with Gasteiger partial charge < -0.3 is 20.5 Å². The van der Waals surface area contributed by atoms with Crippen LogP contribution >= 0.6 is 0 Å². The molecule has 3 N–H and O–H groups in total. The van der Waals surface area contributed by atoms with Gasteiger partial charge in [-0.3, -0.25) is 4.99 Å². The quantitative estimate of drug-likeness (QED) is 0.556. The van der Waals surface area contributed by atoms with Crippen molar-refractivity contribution < 1.29 is 9.84 Å². The molecule has 124 valence electrons. The number of aliphatic hydroxyl groups excluding tert-OH is 1. The van der Waals surface area contributed by atoms with Crippen molar-refractivity contribution in [3.05, 3.63) is 29.8 Å². The molecule has 5 nitrogen and oxygen atoms in total. The van der Waals surface area contributed by atoms with Crippen molar-refractivity contribution in [3.8, 4) is 5.75 Å². The molecule has 0 saturated heterocycles. The van der Waals surface area contributed by atoms with E-state index in [1.54, 1.807) is 0 Å². The van der Waals surface area contributed by atoms with E-state index >= 15 is 0 Å². The van der Waals surface area contributed by atoms with Gasteiger partial charge in [-0.1, -0.05) is 12.1 Å². The summed E-state index contributed by atoms with van der Waals surface area (Å²) in [7, 11) is 0. The van der Waals surface area contributed by atoms with Gasteiger partial charge in [0, 0.05) is 12.1 Å². The van der Waals surface area contributed by atoms with E-state index in [-0.39, 0.29) is 18.7 Å². The average Bonchev–Trinajstić information content (AvgIpc) is 2.41. The maximum atomic E-state index is 10.0. The van der Waals surface area contributed by atoms with E-state index < -0.39 is 6.10 Å². The molecule has 0 bridgehead atoms. The molecule has 1 rings (SSSR count). The van der Waals surface area contributed by atoms with Gasteiger partial charge in [-0.2, -0.15) is 0 Å². The lowest BCUT2D eigenvalue weighted by Crippen LogP contribution is -2.48. The van der Waals surface area contributed by atoms with Gasteiger partial charge in [0.25, 0.3) is 0 Å².